The number of thioether (sulfide) groups is 1. The number of rotatable bonds is 6. The van der Waals surface area contributed by atoms with Crippen LogP contribution in [0.25, 0.3) is 10.6 Å². The van der Waals surface area contributed by atoms with Crippen LogP contribution in [0.1, 0.15) is 11.1 Å². The minimum absolute atomic E-state index is 0.145. The first-order valence-corrected chi connectivity index (χ1v) is 12.4. The van der Waals surface area contributed by atoms with Gasteiger partial charge in [-0.05, 0) is 24.6 Å². The fraction of sp³-hybridized carbons (Fsp3) is 0.0870. The lowest BCUT2D eigenvalue weighted by molar-refractivity contribution is 0.591. The van der Waals surface area contributed by atoms with Gasteiger partial charge in [-0.1, -0.05) is 78.4 Å². The van der Waals surface area contributed by atoms with Gasteiger partial charge in [-0.25, -0.2) is 13.4 Å². The molecular formula is C23H19NO2S3. The third kappa shape index (κ3) is 4.45. The molecule has 0 saturated carbocycles. The Morgan fingerprint density at radius 3 is 2.14 bits per heavy atom. The van der Waals surface area contributed by atoms with Crippen LogP contribution in [0.2, 0.25) is 0 Å². The molecule has 4 rings (SSSR count). The minimum atomic E-state index is -3.70. The molecule has 0 saturated heterocycles. The molecule has 0 amide bonds. The van der Waals surface area contributed by atoms with Crippen molar-refractivity contribution in [2.24, 2.45) is 0 Å². The Bertz CT molecular complexity index is 1200. The summed E-state index contributed by atoms with van der Waals surface area (Å²) in [5.74, 6) is 0.688. The second-order valence-electron chi connectivity index (χ2n) is 6.57. The Morgan fingerprint density at radius 2 is 1.48 bits per heavy atom. The first kappa shape index (κ1) is 19.9. The van der Waals surface area contributed by atoms with Crippen LogP contribution in [-0.4, -0.2) is 13.4 Å². The summed E-state index contributed by atoms with van der Waals surface area (Å²) in [7, 11) is -3.70. The molecule has 146 valence electrons. The molecule has 0 aliphatic rings. The smallest absolute Gasteiger partial charge is 0.223 e. The van der Waals surface area contributed by atoms with E-state index in [4.69, 9.17) is 0 Å². The number of hydrogen-bond donors (Lipinski definition) is 0. The number of nitrogens with zero attached hydrogens (tertiary/aromatic N) is 1. The average molecular weight is 438 g/mol. The van der Waals surface area contributed by atoms with Crippen molar-refractivity contribution in [3.63, 3.8) is 0 Å². The summed E-state index contributed by atoms with van der Waals surface area (Å²) in [5, 5.41) is 0.859. The summed E-state index contributed by atoms with van der Waals surface area (Å²) in [4.78, 5) is 4.85. The van der Waals surface area contributed by atoms with Crippen molar-refractivity contribution in [1.82, 2.24) is 4.98 Å². The third-order valence-electron chi connectivity index (χ3n) is 4.39. The number of aromatic nitrogens is 1. The Labute approximate surface area is 179 Å². The van der Waals surface area contributed by atoms with E-state index in [0.29, 0.717) is 15.0 Å². The van der Waals surface area contributed by atoms with Crippen molar-refractivity contribution >= 4 is 32.9 Å². The lowest BCUT2D eigenvalue weighted by Crippen LogP contribution is -2.04. The average Bonchev–Trinajstić information content (AvgIpc) is 3.19. The van der Waals surface area contributed by atoms with E-state index in [1.807, 2.05) is 79.7 Å². The zero-order valence-electron chi connectivity index (χ0n) is 15.8. The zero-order chi connectivity index (χ0) is 20.3. The quantitative estimate of drug-likeness (QED) is 0.335. The van der Waals surface area contributed by atoms with E-state index in [1.54, 1.807) is 12.1 Å². The molecule has 0 N–H and O–H groups in total. The highest BCUT2D eigenvalue weighted by atomic mass is 32.2. The fourth-order valence-corrected chi connectivity index (χ4v) is 6.98. The van der Waals surface area contributed by atoms with Gasteiger partial charge in [0.15, 0.2) is 5.03 Å². The summed E-state index contributed by atoms with van der Waals surface area (Å²) >= 11 is 2.95. The fourth-order valence-electron chi connectivity index (χ4n) is 2.81. The van der Waals surface area contributed by atoms with Gasteiger partial charge >= 0.3 is 0 Å². The summed E-state index contributed by atoms with van der Waals surface area (Å²) in [6.07, 6.45) is 0. The van der Waals surface area contributed by atoms with Gasteiger partial charge in [-0.15, -0.1) is 23.1 Å². The van der Waals surface area contributed by atoms with Crippen LogP contribution in [0.15, 0.2) is 99.1 Å². The number of benzene rings is 3. The molecule has 0 aliphatic carbocycles. The number of sulfone groups is 1. The summed E-state index contributed by atoms with van der Waals surface area (Å²) in [6, 6.07) is 26.7. The van der Waals surface area contributed by atoms with E-state index in [1.165, 1.54) is 23.1 Å². The molecule has 1 aromatic heterocycles. The summed E-state index contributed by atoms with van der Waals surface area (Å²) in [5.41, 5.74) is 3.08. The van der Waals surface area contributed by atoms with Gasteiger partial charge in [0.2, 0.25) is 9.84 Å². The highest BCUT2D eigenvalue weighted by Gasteiger charge is 2.27. The van der Waals surface area contributed by atoms with Gasteiger partial charge in [0.1, 0.15) is 9.22 Å². The van der Waals surface area contributed by atoms with E-state index in [9.17, 15) is 8.42 Å². The molecule has 3 aromatic carbocycles. The monoisotopic (exact) mass is 437 g/mol. The van der Waals surface area contributed by atoms with Crippen LogP contribution in [-0.2, 0) is 15.6 Å². The van der Waals surface area contributed by atoms with Gasteiger partial charge in [0, 0.05) is 11.3 Å². The van der Waals surface area contributed by atoms with Crippen LogP contribution < -0.4 is 0 Å². The highest BCUT2D eigenvalue weighted by molar-refractivity contribution is 8.01. The maximum absolute atomic E-state index is 13.4. The molecule has 0 aliphatic heterocycles. The van der Waals surface area contributed by atoms with Gasteiger partial charge in [0.25, 0.3) is 0 Å². The summed E-state index contributed by atoms with van der Waals surface area (Å²) in [6.45, 7) is 1.94. The molecule has 0 bridgehead atoms. The van der Waals surface area contributed by atoms with Crippen molar-refractivity contribution in [3.8, 4) is 10.6 Å². The van der Waals surface area contributed by atoms with Crippen molar-refractivity contribution in [2.45, 2.75) is 26.8 Å². The van der Waals surface area contributed by atoms with Gasteiger partial charge in [-0.3, -0.25) is 0 Å². The highest BCUT2D eigenvalue weighted by Crippen LogP contribution is 2.40. The Hall–Kier alpha value is -2.41. The van der Waals surface area contributed by atoms with Crippen LogP contribution >= 0.6 is 23.1 Å². The van der Waals surface area contributed by atoms with Crippen LogP contribution in [0, 0.1) is 6.92 Å². The Kier molecular flexibility index (Phi) is 5.85. The minimum Gasteiger partial charge on any atom is -0.223 e. The Balaban J connectivity index is 1.76. The zero-order valence-corrected chi connectivity index (χ0v) is 18.2. The number of aryl methyl sites for hydroxylation is 1. The van der Waals surface area contributed by atoms with Crippen molar-refractivity contribution in [2.75, 3.05) is 0 Å². The Morgan fingerprint density at radius 1 is 0.862 bits per heavy atom. The molecule has 29 heavy (non-hydrogen) atoms. The van der Waals surface area contributed by atoms with E-state index in [0.717, 1.165) is 16.7 Å². The van der Waals surface area contributed by atoms with Crippen molar-refractivity contribution < 1.29 is 8.42 Å². The molecule has 4 aromatic rings. The standard InChI is InChI=1S/C23H19NO2S3/c1-17-12-14-20(15-13-17)29(25,26)22-23(27-16-18-8-4-2-5-9-18)28-21(24-22)19-10-6-3-7-11-19/h2-15H,16H2,1H3. The van der Waals surface area contributed by atoms with Crippen LogP contribution in [0.4, 0.5) is 0 Å². The van der Waals surface area contributed by atoms with E-state index in [2.05, 4.69) is 4.98 Å². The first-order valence-electron chi connectivity index (χ1n) is 9.09. The molecule has 0 spiro atoms. The largest absolute Gasteiger partial charge is 0.225 e. The van der Waals surface area contributed by atoms with Crippen LogP contribution in [0.3, 0.4) is 0 Å². The topological polar surface area (TPSA) is 47.0 Å². The maximum atomic E-state index is 13.4. The number of thiazole rings is 1. The normalized spacial score (nSPS) is 11.5. The van der Waals surface area contributed by atoms with Crippen LogP contribution in [0.5, 0.6) is 0 Å². The summed E-state index contributed by atoms with van der Waals surface area (Å²) < 4.78 is 27.4. The first-order chi connectivity index (χ1) is 14.0. The molecule has 0 fully saturated rings. The molecule has 0 radical (unpaired) electrons. The lowest BCUT2D eigenvalue weighted by atomic mass is 10.2. The maximum Gasteiger partial charge on any atom is 0.225 e. The van der Waals surface area contributed by atoms with E-state index in [-0.39, 0.29) is 9.92 Å². The lowest BCUT2D eigenvalue weighted by Gasteiger charge is -2.05. The molecule has 1 heterocycles. The molecular weight excluding hydrogens is 418 g/mol. The third-order valence-corrected chi connectivity index (χ3v) is 8.78. The van der Waals surface area contributed by atoms with Gasteiger partial charge in [-0.2, -0.15) is 0 Å². The predicted octanol–water partition coefficient (Wildman–Crippen LogP) is 6.24. The van der Waals surface area contributed by atoms with E-state index < -0.39 is 9.84 Å². The molecule has 0 unspecified atom stereocenters. The molecule has 3 nitrogen and oxygen atoms in total. The second-order valence-corrected chi connectivity index (χ2v) is 10.7. The molecule has 6 heteroatoms. The van der Waals surface area contributed by atoms with Crippen molar-refractivity contribution in [3.05, 3.63) is 96.1 Å². The van der Waals surface area contributed by atoms with Crippen molar-refractivity contribution in [1.29, 1.82) is 0 Å². The second kappa shape index (κ2) is 8.53. The SMILES string of the molecule is Cc1ccc(S(=O)(=O)c2nc(-c3ccccc3)sc2SCc2ccccc2)cc1. The van der Waals surface area contributed by atoms with E-state index >= 15 is 0 Å². The predicted molar refractivity (Wildman–Crippen MR) is 120 cm³/mol. The molecule has 0 atom stereocenters. The number of hydrogen-bond acceptors (Lipinski definition) is 5. The van der Waals surface area contributed by atoms with Gasteiger partial charge < -0.3 is 0 Å². The van der Waals surface area contributed by atoms with Gasteiger partial charge in [0.05, 0.1) is 4.90 Å².